The van der Waals surface area contributed by atoms with E-state index in [0.717, 1.165) is 38.6 Å². The summed E-state index contributed by atoms with van der Waals surface area (Å²) in [4.78, 5) is 12.3. The minimum atomic E-state index is -0.419. The smallest absolute Gasteiger partial charge is 0.188 e. The van der Waals surface area contributed by atoms with E-state index in [1.54, 1.807) is 12.1 Å². The van der Waals surface area contributed by atoms with Crippen LogP contribution in [0.4, 0.5) is 25.9 Å². The largest absolute Gasteiger partial charge is 0.397 e. The second-order valence-electron chi connectivity index (χ2n) is 8.28. The van der Waals surface area contributed by atoms with Crippen molar-refractivity contribution in [3.05, 3.63) is 83.1 Å². The molecule has 0 saturated carbocycles. The standard InChI is InChI=1S/C25H24FN7S2/c1-15(29-24-17(26)5-4-6-18(24)27)21-7-8-23(35-21)31-25-30-19(14-34-25)20-12-28-22-11-16(13-32(2)3)9-10-33(20)22/h4-12,14,29H,1,13,27H2,2-3H3,(H,30,31). The number of para-hydroxylation sites is 1. The van der Waals surface area contributed by atoms with Crippen LogP contribution in [-0.2, 0) is 6.54 Å². The van der Waals surface area contributed by atoms with Crippen molar-refractivity contribution in [1.29, 1.82) is 0 Å². The van der Waals surface area contributed by atoms with Gasteiger partial charge in [0, 0.05) is 23.8 Å². The lowest BCUT2D eigenvalue weighted by Gasteiger charge is -2.11. The summed E-state index contributed by atoms with van der Waals surface area (Å²) in [6.07, 6.45) is 3.89. The van der Waals surface area contributed by atoms with Gasteiger partial charge in [0.2, 0.25) is 0 Å². The lowest BCUT2D eigenvalue weighted by molar-refractivity contribution is 0.402. The Morgan fingerprint density at radius 2 is 2.09 bits per heavy atom. The van der Waals surface area contributed by atoms with Crippen molar-refractivity contribution in [2.24, 2.45) is 0 Å². The molecule has 0 aliphatic rings. The van der Waals surface area contributed by atoms with Gasteiger partial charge in [0.1, 0.15) is 17.2 Å². The van der Waals surface area contributed by atoms with Gasteiger partial charge < -0.3 is 21.3 Å². The highest BCUT2D eigenvalue weighted by Crippen LogP contribution is 2.34. The Bertz CT molecular complexity index is 1500. The van der Waals surface area contributed by atoms with Gasteiger partial charge in [-0.2, -0.15) is 0 Å². The highest BCUT2D eigenvalue weighted by atomic mass is 32.1. The summed E-state index contributed by atoms with van der Waals surface area (Å²) in [7, 11) is 4.10. The van der Waals surface area contributed by atoms with Crippen LogP contribution in [0.2, 0.25) is 0 Å². The normalized spacial score (nSPS) is 11.3. The number of anilines is 4. The van der Waals surface area contributed by atoms with E-state index in [0.29, 0.717) is 11.4 Å². The van der Waals surface area contributed by atoms with Gasteiger partial charge in [-0.05, 0) is 56.1 Å². The van der Waals surface area contributed by atoms with E-state index in [1.165, 1.54) is 34.3 Å². The fourth-order valence-electron chi connectivity index (χ4n) is 3.68. The highest BCUT2D eigenvalue weighted by Gasteiger charge is 2.13. The molecule has 10 heteroatoms. The predicted molar refractivity (Wildman–Crippen MR) is 145 cm³/mol. The minimum absolute atomic E-state index is 0.229. The molecular weight excluding hydrogens is 481 g/mol. The van der Waals surface area contributed by atoms with Crippen LogP contribution >= 0.6 is 22.7 Å². The number of nitrogen functional groups attached to an aromatic ring is 1. The van der Waals surface area contributed by atoms with Crippen LogP contribution in [0.25, 0.3) is 22.7 Å². The van der Waals surface area contributed by atoms with Crippen LogP contribution in [-0.4, -0.2) is 33.4 Å². The molecule has 4 N–H and O–H groups in total. The van der Waals surface area contributed by atoms with Crippen LogP contribution in [0, 0.1) is 5.82 Å². The molecule has 0 fully saturated rings. The Morgan fingerprint density at radius 1 is 1.23 bits per heavy atom. The molecule has 0 aliphatic heterocycles. The highest BCUT2D eigenvalue weighted by molar-refractivity contribution is 7.18. The monoisotopic (exact) mass is 505 g/mol. The number of nitrogens with one attached hydrogen (secondary N) is 2. The first-order valence-electron chi connectivity index (χ1n) is 10.8. The van der Waals surface area contributed by atoms with Crippen LogP contribution in [0.1, 0.15) is 10.4 Å². The van der Waals surface area contributed by atoms with Gasteiger partial charge in [0.25, 0.3) is 0 Å². The van der Waals surface area contributed by atoms with E-state index in [4.69, 9.17) is 10.7 Å². The van der Waals surface area contributed by atoms with Gasteiger partial charge >= 0.3 is 0 Å². The molecule has 5 aromatic rings. The molecule has 178 valence electrons. The maximum absolute atomic E-state index is 14.1. The van der Waals surface area contributed by atoms with Crippen molar-refractivity contribution in [1.82, 2.24) is 19.3 Å². The molecule has 0 spiro atoms. The molecule has 4 aromatic heterocycles. The van der Waals surface area contributed by atoms with E-state index in [9.17, 15) is 4.39 Å². The Labute approximate surface area is 210 Å². The molecule has 0 atom stereocenters. The van der Waals surface area contributed by atoms with Gasteiger partial charge in [-0.1, -0.05) is 12.6 Å². The van der Waals surface area contributed by atoms with Crippen molar-refractivity contribution >= 4 is 55.5 Å². The Morgan fingerprint density at radius 3 is 2.89 bits per heavy atom. The molecule has 0 amide bonds. The zero-order valence-corrected chi connectivity index (χ0v) is 20.9. The van der Waals surface area contributed by atoms with Gasteiger partial charge in [-0.25, -0.2) is 14.4 Å². The number of nitrogens with two attached hydrogens (primary N) is 1. The number of aromatic nitrogens is 3. The molecule has 5 rings (SSSR count). The average Bonchev–Trinajstić information content (AvgIpc) is 3.55. The fraction of sp³-hybridized carbons (Fsp3) is 0.120. The van der Waals surface area contributed by atoms with Crippen LogP contribution in [0.15, 0.2) is 66.8 Å². The number of halogens is 1. The summed E-state index contributed by atoms with van der Waals surface area (Å²) in [5.74, 6) is -0.419. The van der Waals surface area contributed by atoms with E-state index < -0.39 is 5.82 Å². The third kappa shape index (κ3) is 4.90. The molecule has 35 heavy (non-hydrogen) atoms. The van der Waals surface area contributed by atoms with Crippen molar-refractivity contribution in [3.8, 4) is 11.4 Å². The van der Waals surface area contributed by atoms with Crippen LogP contribution in [0.3, 0.4) is 0 Å². The zero-order valence-electron chi connectivity index (χ0n) is 19.2. The summed E-state index contributed by atoms with van der Waals surface area (Å²) in [6.45, 7) is 4.90. The first-order chi connectivity index (χ1) is 16.9. The molecule has 0 saturated heterocycles. The van der Waals surface area contributed by atoms with E-state index >= 15 is 0 Å². The van der Waals surface area contributed by atoms with Gasteiger partial charge in [0.15, 0.2) is 5.13 Å². The van der Waals surface area contributed by atoms with Crippen molar-refractivity contribution in [2.75, 3.05) is 30.5 Å². The number of benzene rings is 1. The third-order valence-electron chi connectivity index (χ3n) is 5.30. The summed E-state index contributed by atoms with van der Waals surface area (Å²) < 4.78 is 16.1. The van der Waals surface area contributed by atoms with E-state index in [1.807, 2.05) is 48.4 Å². The first kappa shape index (κ1) is 23.0. The quantitative estimate of drug-likeness (QED) is 0.220. The zero-order chi connectivity index (χ0) is 24.5. The molecule has 4 heterocycles. The van der Waals surface area contributed by atoms with Crippen LogP contribution < -0.4 is 16.4 Å². The third-order valence-corrected chi connectivity index (χ3v) is 7.12. The van der Waals surface area contributed by atoms with Crippen molar-refractivity contribution < 1.29 is 4.39 Å². The molecule has 1 aromatic carbocycles. The Balaban J connectivity index is 1.30. The second-order valence-corrected chi connectivity index (χ2v) is 10.2. The maximum Gasteiger partial charge on any atom is 0.188 e. The molecule has 0 aliphatic carbocycles. The Hall–Kier alpha value is -3.73. The van der Waals surface area contributed by atoms with Gasteiger partial charge in [0.05, 0.1) is 33.1 Å². The fourth-order valence-corrected chi connectivity index (χ4v) is 5.29. The topological polar surface area (TPSA) is 83.5 Å². The number of pyridine rings is 1. The number of hydrogen-bond acceptors (Lipinski definition) is 8. The van der Waals surface area contributed by atoms with Gasteiger partial charge in [-0.15, -0.1) is 22.7 Å². The summed E-state index contributed by atoms with van der Waals surface area (Å²) >= 11 is 3.01. The average molecular weight is 506 g/mol. The SMILES string of the molecule is C=C(Nc1c(N)cccc1F)c1ccc(Nc2nc(-c3cnc4cc(CN(C)C)ccn34)cs2)s1. The predicted octanol–water partition coefficient (Wildman–Crippen LogP) is 6.13. The number of hydrogen-bond donors (Lipinski definition) is 3. The molecule has 0 bridgehead atoms. The molecule has 0 radical (unpaired) electrons. The van der Waals surface area contributed by atoms with Crippen molar-refractivity contribution in [3.63, 3.8) is 0 Å². The maximum atomic E-state index is 14.1. The van der Waals surface area contributed by atoms with Crippen molar-refractivity contribution in [2.45, 2.75) is 6.54 Å². The first-order valence-corrected chi connectivity index (χ1v) is 12.5. The summed E-state index contributed by atoms with van der Waals surface area (Å²) in [5, 5.41) is 10.0. The number of fused-ring (bicyclic) bond motifs is 1. The lowest BCUT2D eigenvalue weighted by atomic mass is 10.2. The van der Waals surface area contributed by atoms with E-state index in [-0.39, 0.29) is 5.69 Å². The minimum Gasteiger partial charge on any atom is -0.397 e. The molecular formula is C25H24FN7S2. The summed E-state index contributed by atoms with van der Waals surface area (Å²) in [6, 6.07) is 12.6. The second kappa shape index (κ2) is 9.49. The number of rotatable bonds is 8. The Kier molecular flexibility index (Phi) is 6.25. The molecule has 7 nitrogen and oxygen atoms in total. The lowest BCUT2D eigenvalue weighted by Crippen LogP contribution is -2.10. The van der Waals surface area contributed by atoms with Crippen LogP contribution in [0.5, 0.6) is 0 Å². The van der Waals surface area contributed by atoms with Gasteiger partial charge in [-0.3, -0.25) is 4.40 Å². The number of nitrogens with zero attached hydrogens (tertiary/aromatic N) is 4. The number of thiophene rings is 1. The molecule has 0 unspecified atom stereocenters. The number of imidazole rings is 1. The van der Waals surface area contributed by atoms with E-state index in [2.05, 4.69) is 39.2 Å². The number of thiazole rings is 1. The summed E-state index contributed by atoms with van der Waals surface area (Å²) in [5.41, 5.74) is 10.9.